The van der Waals surface area contributed by atoms with Gasteiger partial charge in [-0.1, -0.05) is 12.1 Å². The fourth-order valence-corrected chi connectivity index (χ4v) is 3.28. The Hall–Kier alpha value is -2.78. The number of hydrogen-bond acceptors (Lipinski definition) is 7. The van der Waals surface area contributed by atoms with Crippen molar-refractivity contribution in [1.29, 1.82) is 0 Å². The minimum atomic E-state index is -0.273. The fraction of sp³-hybridized carbons (Fsp3) is 0.263. The van der Waals surface area contributed by atoms with Gasteiger partial charge in [0.2, 0.25) is 5.95 Å². The molecule has 2 atom stereocenters. The molecule has 1 N–H and O–H groups in total. The Balaban J connectivity index is 1.63. The van der Waals surface area contributed by atoms with Crippen LogP contribution in [0.5, 0.6) is 5.75 Å². The quantitative estimate of drug-likeness (QED) is 0.647. The second-order valence-corrected chi connectivity index (χ2v) is 7.23. The highest BCUT2D eigenvalue weighted by molar-refractivity contribution is 9.10. The van der Waals surface area contributed by atoms with Crippen molar-refractivity contribution in [3.63, 3.8) is 0 Å². The van der Waals surface area contributed by atoms with Gasteiger partial charge >= 0.3 is 0 Å². The van der Waals surface area contributed by atoms with Gasteiger partial charge in [0.25, 0.3) is 5.56 Å². The zero-order valence-electron chi connectivity index (χ0n) is 15.1. The van der Waals surface area contributed by atoms with Gasteiger partial charge < -0.3 is 14.8 Å². The number of aromatic nitrogens is 4. The highest BCUT2D eigenvalue weighted by Gasteiger charge is 2.32. The zero-order valence-corrected chi connectivity index (χ0v) is 16.7. The smallest absolute Gasteiger partial charge is 0.267 e. The summed E-state index contributed by atoms with van der Waals surface area (Å²) >= 11 is 3.31. The van der Waals surface area contributed by atoms with E-state index in [1.54, 1.807) is 25.6 Å². The Morgan fingerprint density at radius 3 is 2.82 bits per heavy atom. The molecule has 144 valence electrons. The molecule has 2 aromatic heterocycles. The van der Waals surface area contributed by atoms with Crippen LogP contribution in [-0.4, -0.2) is 46.1 Å². The molecule has 3 aromatic rings. The maximum atomic E-state index is 12.5. The third-order valence-electron chi connectivity index (χ3n) is 4.49. The van der Waals surface area contributed by atoms with Crippen molar-refractivity contribution in [3.8, 4) is 17.0 Å². The highest BCUT2D eigenvalue weighted by atomic mass is 79.9. The van der Waals surface area contributed by atoms with E-state index in [0.29, 0.717) is 24.9 Å². The molecular formula is C19H18BrN5O3. The molecule has 0 radical (unpaired) electrons. The first-order valence-electron chi connectivity index (χ1n) is 8.70. The molecule has 0 spiro atoms. The number of nitrogens with one attached hydrogen (secondary N) is 1. The number of halogens is 1. The summed E-state index contributed by atoms with van der Waals surface area (Å²) in [5, 5.41) is 7.82. The number of rotatable bonds is 5. The number of methoxy groups -OCH3 is 1. The van der Waals surface area contributed by atoms with E-state index in [-0.39, 0.29) is 17.6 Å². The number of ether oxygens (including phenoxy) is 2. The van der Waals surface area contributed by atoms with Gasteiger partial charge in [-0.3, -0.25) is 4.79 Å². The van der Waals surface area contributed by atoms with Gasteiger partial charge in [0, 0.05) is 24.0 Å². The van der Waals surface area contributed by atoms with Gasteiger partial charge in [-0.15, -0.1) is 0 Å². The van der Waals surface area contributed by atoms with E-state index in [1.165, 1.54) is 10.7 Å². The van der Waals surface area contributed by atoms with Crippen molar-refractivity contribution >= 4 is 21.9 Å². The van der Waals surface area contributed by atoms with Crippen LogP contribution in [-0.2, 0) is 4.74 Å². The average molecular weight is 444 g/mol. The molecule has 8 nitrogen and oxygen atoms in total. The molecule has 28 heavy (non-hydrogen) atoms. The van der Waals surface area contributed by atoms with Crippen LogP contribution in [0.3, 0.4) is 0 Å². The Labute approximate surface area is 169 Å². The Kier molecular flexibility index (Phi) is 5.36. The average Bonchev–Trinajstić information content (AvgIpc) is 3.18. The molecule has 0 aliphatic carbocycles. The minimum absolute atomic E-state index is 0.174. The van der Waals surface area contributed by atoms with E-state index in [9.17, 15) is 4.79 Å². The van der Waals surface area contributed by atoms with E-state index >= 15 is 0 Å². The van der Waals surface area contributed by atoms with Gasteiger partial charge in [-0.05, 0) is 34.1 Å². The third-order valence-corrected chi connectivity index (χ3v) is 4.90. The van der Waals surface area contributed by atoms with Gasteiger partial charge in [0.05, 0.1) is 36.5 Å². The summed E-state index contributed by atoms with van der Waals surface area (Å²) in [6, 6.07) is 10.3. The van der Waals surface area contributed by atoms with E-state index in [0.717, 1.165) is 15.8 Å². The second-order valence-electron chi connectivity index (χ2n) is 6.31. The SMILES string of the molecule is COc1cccc(-c2ccc(=O)n(C3COCC3Nc3ncc(Br)cn3)n2)c1. The van der Waals surface area contributed by atoms with Crippen molar-refractivity contribution < 1.29 is 9.47 Å². The highest BCUT2D eigenvalue weighted by Crippen LogP contribution is 2.24. The van der Waals surface area contributed by atoms with E-state index in [4.69, 9.17) is 9.47 Å². The molecule has 2 unspecified atom stereocenters. The lowest BCUT2D eigenvalue weighted by atomic mass is 10.1. The van der Waals surface area contributed by atoms with Crippen molar-refractivity contribution in [2.75, 3.05) is 25.6 Å². The second kappa shape index (κ2) is 8.07. The molecule has 0 saturated carbocycles. The first-order chi connectivity index (χ1) is 13.6. The van der Waals surface area contributed by atoms with E-state index < -0.39 is 0 Å². The van der Waals surface area contributed by atoms with Crippen LogP contribution in [0.1, 0.15) is 6.04 Å². The number of anilines is 1. The first kappa shape index (κ1) is 18.6. The normalized spacial score (nSPS) is 18.8. The summed E-state index contributed by atoms with van der Waals surface area (Å²) in [4.78, 5) is 21.0. The maximum absolute atomic E-state index is 12.5. The van der Waals surface area contributed by atoms with E-state index in [1.807, 2.05) is 24.3 Å². The van der Waals surface area contributed by atoms with Crippen LogP contribution >= 0.6 is 15.9 Å². The van der Waals surface area contributed by atoms with Gasteiger partial charge in [-0.2, -0.15) is 5.10 Å². The number of benzene rings is 1. The third kappa shape index (κ3) is 3.90. The summed E-state index contributed by atoms with van der Waals surface area (Å²) in [5.74, 6) is 1.20. The Morgan fingerprint density at radius 2 is 2.04 bits per heavy atom. The largest absolute Gasteiger partial charge is 0.497 e. The molecule has 1 aliphatic heterocycles. The van der Waals surface area contributed by atoms with Crippen molar-refractivity contribution in [2.24, 2.45) is 0 Å². The summed E-state index contributed by atoms with van der Waals surface area (Å²) in [6.07, 6.45) is 3.32. The molecule has 1 fully saturated rings. The zero-order chi connectivity index (χ0) is 19.5. The van der Waals surface area contributed by atoms with Crippen LogP contribution in [0.4, 0.5) is 5.95 Å². The predicted molar refractivity (Wildman–Crippen MR) is 107 cm³/mol. The van der Waals surface area contributed by atoms with Gasteiger partial charge in [-0.25, -0.2) is 14.6 Å². The molecule has 1 aliphatic rings. The van der Waals surface area contributed by atoms with Gasteiger partial charge in [0.1, 0.15) is 11.8 Å². The van der Waals surface area contributed by atoms with Crippen molar-refractivity contribution in [2.45, 2.75) is 12.1 Å². The molecule has 3 heterocycles. The van der Waals surface area contributed by atoms with Crippen LogP contribution in [0, 0.1) is 0 Å². The standard InChI is InChI=1S/C19H18BrN5O3/c1-27-14-4-2-3-12(7-14)15-5-6-18(26)25(24-15)17-11-28-10-16(17)23-19-21-8-13(20)9-22-19/h2-9,16-17H,10-11H2,1H3,(H,21,22,23). The molecule has 0 amide bonds. The van der Waals surface area contributed by atoms with Crippen LogP contribution < -0.4 is 15.6 Å². The molecule has 0 bridgehead atoms. The fourth-order valence-electron chi connectivity index (χ4n) is 3.07. The molecule has 4 rings (SSSR count). The molecular weight excluding hydrogens is 426 g/mol. The van der Waals surface area contributed by atoms with Crippen molar-refractivity contribution in [3.05, 3.63) is 63.6 Å². The topological polar surface area (TPSA) is 91.2 Å². The van der Waals surface area contributed by atoms with Crippen LogP contribution in [0.2, 0.25) is 0 Å². The summed E-state index contributed by atoms with van der Waals surface area (Å²) in [5.41, 5.74) is 1.36. The lowest BCUT2D eigenvalue weighted by Crippen LogP contribution is -2.37. The maximum Gasteiger partial charge on any atom is 0.267 e. The Morgan fingerprint density at radius 1 is 1.21 bits per heavy atom. The van der Waals surface area contributed by atoms with E-state index in [2.05, 4.69) is 36.3 Å². The molecule has 1 aromatic carbocycles. The number of hydrogen-bond donors (Lipinski definition) is 1. The van der Waals surface area contributed by atoms with Crippen LogP contribution in [0.15, 0.2) is 58.1 Å². The number of nitrogens with zero attached hydrogens (tertiary/aromatic N) is 4. The van der Waals surface area contributed by atoms with Gasteiger partial charge in [0.15, 0.2) is 0 Å². The van der Waals surface area contributed by atoms with Crippen molar-refractivity contribution in [1.82, 2.24) is 19.7 Å². The monoisotopic (exact) mass is 443 g/mol. The lowest BCUT2D eigenvalue weighted by molar-refractivity contribution is 0.183. The summed E-state index contributed by atoms with van der Waals surface area (Å²) in [7, 11) is 1.61. The summed E-state index contributed by atoms with van der Waals surface area (Å²) < 4.78 is 13.2. The summed E-state index contributed by atoms with van der Waals surface area (Å²) in [6.45, 7) is 0.810. The van der Waals surface area contributed by atoms with Crippen LogP contribution in [0.25, 0.3) is 11.3 Å². The molecule has 9 heteroatoms. The Bertz CT molecular complexity index is 1020. The first-order valence-corrected chi connectivity index (χ1v) is 9.49. The predicted octanol–water partition coefficient (Wildman–Crippen LogP) is 2.52. The molecule has 1 saturated heterocycles. The lowest BCUT2D eigenvalue weighted by Gasteiger charge is -2.20. The minimum Gasteiger partial charge on any atom is -0.497 e.